The lowest BCUT2D eigenvalue weighted by Gasteiger charge is -2.20. The van der Waals surface area contributed by atoms with E-state index in [9.17, 15) is 5.11 Å². The molecule has 0 saturated heterocycles. The Morgan fingerprint density at radius 2 is 1.62 bits per heavy atom. The molecular formula is C18H23NO2. The van der Waals surface area contributed by atoms with E-state index in [2.05, 4.69) is 19.2 Å². The highest BCUT2D eigenvalue weighted by molar-refractivity contribution is 5.26. The summed E-state index contributed by atoms with van der Waals surface area (Å²) in [6.07, 6.45) is 0.927. The lowest BCUT2D eigenvalue weighted by Crippen LogP contribution is -2.39. The molecular weight excluding hydrogens is 262 g/mol. The monoisotopic (exact) mass is 285 g/mol. The van der Waals surface area contributed by atoms with Crippen molar-refractivity contribution >= 4 is 0 Å². The standard InChI is InChI=1S/C18H23NO2/c1-14(12-16-8-10-17(20)11-9-16)19-15(2)13-21-18-6-4-3-5-7-18/h3-11,14-15,19-20H,12-13H2,1-2H3/t14-,15-/m0/s1. The Bertz CT molecular complexity index is 525. The Morgan fingerprint density at radius 1 is 0.952 bits per heavy atom. The van der Waals surface area contributed by atoms with Gasteiger partial charge in [-0.1, -0.05) is 30.3 Å². The van der Waals surface area contributed by atoms with E-state index in [1.807, 2.05) is 42.5 Å². The van der Waals surface area contributed by atoms with Crippen LogP contribution < -0.4 is 10.1 Å². The molecule has 2 rings (SSSR count). The second-order valence-corrected chi connectivity index (χ2v) is 5.46. The summed E-state index contributed by atoms with van der Waals surface area (Å²) in [5, 5.41) is 12.8. The molecule has 21 heavy (non-hydrogen) atoms. The van der Waals surface area contributed by atoms with Gasteiger partial charge in [0.25, 0.3) is 0 Å². The molecule has 0 radical (unpaired) electrons. The van der Waals surface area contributed by atoms with Crippen LogP contribution in [0.2, 0.25) is 0 Å². The maximum Gasteiger partial charge on any atom is 0.119 e. The van der Waals surface area contributed by atoms with Crippen molar-refractivity contribution in [2.24, 2.45) is 0 Å². The van der Waals surface area contributed by atoms with Crippen LogP contribution >= 0.6 is 0 Å². The summed E-state index contributed by atoms with van der Waals surface area (Å²) in [6, 6.07) is 17.8. The first-order valence-corrected chi connectivity index (χ1v) is 7.35. The third-order valence-electron chi connectivity index (χ3n) is 3.29. The minimum absolute atomic E-state index is 0.275. The van der Waals surface area contributed by atoms with Gasteiger partial charge in [0.15, 0.2) is 0 Å². The first kappa shape index (κ1) is 15.4. The Balaban J connectivity index is 1.74. The first-order chi connectivity index (χ1) is 10.1. The molecule has 0 heterocycles. The quantitative estimate of drug-likeness (QED) is 0.819. The van der Waals surface area contributed by atoms with E-state index in [0.717, 1.165) is 12.2 Å². The van der Waals surface area contributed by atoms with E-state index in [1.54, 1.807) is 12.1 Å². The van der Waals surface area contributed by atoms with Gasteiger partial charge in [-0.15, -0.1) is 0 Å². The van der Waals surface area contributed by atoms with Crippen LogP contribution in [0.15, 0.2) is 54.6 Å². The van der Waals surface area contributed by atoms with E-state index < -0.39 is 0 Å². The summed E-state index contributed by atoms with van der Waals surface area (Å²) in [6.45, 7) is 4.92. The Hall–Kier alpha value is -2.00. The molecule has 0 saturated carbocycles. The van der Waals surface area contributed by atoms with Crippen LogP contribution in [-0.2, 0) is 6.42 Å². The van der Waals surface area contributed by atoms with Gasteiger partial charge in [-0.3, -0.25) is 0 Å². The zero-order chi connectivity index (χ0) is 15.1. The summed E-state index contributed by atoms with van der Waals surface area (Å²) in [5.74, 6) is 1.21. The van der Waals surface area contributed by atoms with Crippen molar-refractivity contribution in [3.8, 4) is 11.5 Å². The molecule has 112 valence electrons. The van der Waals surface area contributed by atoms with Gasteiger partial charge in [-0.25, -0.2) is 0 Å². The number of para-hydroxylation sites is 1. The lowest BCUT2D eigenvalue weighted by molar-refractivity contribution is 0.263. The number of benzene rings is 2. The Kier molecular flexibility index (Phi) is 5.64. The minimum atomic E-state index is 0.275. The van der Waals surface area contributed by atoms with Crippen molar-refractivity contribution in [2.75, 3.05) is 6.61 Å². The van der Waals surface area contributed by atoms with Gasteiger partial charge in [0.05, 0.1) is 0 Å². The van der Waals surface area contributed by atoms with E-state index in [4.69, 9.17) is 4.74 Å². The number of hydrogen-bond acceptors (Lipinski definition) is 3. The molecule has 0 amide bonds. The number of rotatable bonds is 7. The fourth-order valence-electron chi connectivity index (χ4n) is 2.32. The van der Waals surface area contributed by atoms with Crippen molar-refractivity contribution in [2.45, 2.75) is 32.4 Å². The number of phenolic OH excluding ortho intramolecular Hbond substituents is 1. The van der Waals surface area contributed by atoms with E-state index in [-0.39, 0.29) is 6.04 Å². The van der Waals surface area contributed by atoms with Gasteiger partial charge in [0, 0.05) is 12.1 Å². The molecule has 0 aromatic heterocycles. The number of ether oxygens (including phenoxy) is 1. The normalized spacial score (nSPS) is 13.6. The van der Waals surface area contributed by atoms with Crippen LogP contribution in [0.4, 0.5) is 0 Å². The van der Waals surface area contributed by atoms with Crippen LogP contribution in [0.3, 0.4) is 0 Å². The van der Waals surface area contributed by atoms with Crippen LogP contribution in [0.25, 0.3) is 0 Å². The number of nitrogens with one attached hydrogen (secondary N) is 1. The smallest absolute Gasteiger partial charge is 0.119 e. The summed E-state index contributed by atoms with van der Waals surface area (Å²) in [5.41, 5.74) is 1.21. The SMILES string of the molecule is C[C@@H](COc1ccccc1)N[C@@H](C)Cc1ccc(O)cc1. The second kappa shape index (κ2) is 7.70. The maximum atomic E-state index is 9.28. The molecule has 3 heteroatoms. The average molecular weight is 285 g/mol. The van der Waals surface area contributed by atoms with Gasteiger partial charge in [0.1, 0.15) is 18.1 Å². The molecule has 0 fully saturated rings. The third-order valence-corrected chi connectivity index (χ3v) is 3.29. The summed E-state index contributed by atoms with van der Waals surface area (Å²) in [7, 11) is 0. The van der Waals surface area contributed by atoms with E-state index in [1.165, 1.54) is 5.56 Å². The number of hydrogen-bond donors (Lipinski definition) is 2. The maximum absolute atomic E-state index is 9.28. The van der Waals surface area contributed by atoms with Crippen LogP contribution in [0, 0.1) is 0 Å². The molecule has 0 aliphatic heterocycles. The second-order valence-electron chi connectivity index (χ2n) is 5.46. The van der Waals surface area contributed by atoms with Gasteiger partial charge >= 0.3 is 0 Å². The molecule has 2 aromatic carbocycles. The van der Waals surface area contributed by atoms with Gasteiger partial charge in [-0.05, 0) is 50.1 Å². The van der Waals surface area contributed by atoms with Crippen molar-refractivity contribution in [1.29, 1.82) is 0 Å². The fraction of sp³-hybridized carbons (Fsp3) is 0.333. The largest absolute Gasteiger partial charge is 0.508 e. The van der Waals surface area contributed by atoms with Gasteiger partial charge in [0.2, 0.25) is 0 Å². The molecule has 0 unspecified atom stereocenters. The van der Waals surface area contributed by atoms with Gasteiger partial charge < -0.3 is 15.2 Å². The molecule has 2 N–H and O–H groups in total. The third kappa shape index (κ3) is 5.48. The van der Waals surface area contributed by atoms with Crippen molar-refractivity contribution in [3.05, 3.63) is 60.2 Å². The number of aromatic hydroxyl groups is 1. The zero-order valence-corrected chi connectivity index (χ0v) is 12.6. The molecule has 0 aliphatic rings. The zero-order valence-electron chi connectivity index (χ0n) is 12.6. The minimum Gasteiger partial charge on any atom is -0.508 e. The topological polar surface area (TPSA) is 41.5 Å². The molecule has 3 nitrogen and oxygen atoms in total. The predicted molar refractivity (Wildman–Crippen MR) is 85.8 cm³/mol. The highest BCUT2D eigenvalue weighted by Crippen LogP contribution is 2.12. The highest BCUT2D eigenvalue weighted by Gasteiger charge is 2.09. The average Bonchev–Trinajstić information content (AvgIpc) is 2.48. The van der Waals surface area contributed by atoms with Crippen LogP contribution in [0.1, 0.15) is 19.4 Å². The summed E-state index contributed by atoms with van der Waals surface area (Å²) >= 11 is 0. The molecule has 0 aliphatic carbocycles. The molecule has 0 spiro atoms. The molecule has 0 bridgehead atoms. The first-order valence-electron chi connectivity index (χ1n) is 7.35. The van der Waals surface area contributed by atoms with Crippen LogP contribution in [0.5, 0.6) is 11.5 Å². The summed E-state index contributed by atoms with van der Waals surface area (Å²) in [4.78, 5) is 0. The Labute approximate surface area is 126 Å². The Morgan fingerprint density at radius 3 is 2.29 bits per heavy atom. The number of phenols is 1. The molecule has 2 atom stereocenters. The van der Waals surface area contributed by atoms with Crippen molar-refractivity contribution in [3.63, 3.8) is 0 Å². The predicted octanol–water partition coefficient (Wildman–Crippen LogP) is 3.38. The fourth-order valence-corrected chi connectivity index (χ4v) is 2.32. The van der Waals surface area contributed by atoms with Crippen molar-refractivity contribution < 1.29 is 9.84 Å². The van der Waals surface area contributed by atoms with Crippen LogP contribution in [-0.4, -0.2) is 23.8 Å². The van der Waals surface area contributed by atoms with Gasteiger partial charge in [-0.2, -0.15) is 0 Å². The lowest BCUT2D eigenvalue weighted by atomic mass is 10.1. The van der Waals surface area contributed by atoms with E-state index in [0.29, 0.717) is 18.4 Å². The molecule has 2 aromatic rings. The summed E-state index contributed by atoms with van der Waals surface area (Å²) < 4.78 is 5.74. The highest BCUT2D eigenvalue weighted by atomic mass is 16.5. The van der Waals surface area contributed by atoms with E-state index >= 15 is 0 Å². The van der Waals surface area contributed by atoms with Crippen molar-refractivity contribution in [1.82, 2.24) is 5.32 Å².